The van der Waals surface area contributed by atoms with Crippen molar-refractivity contribution in [3.63, 3.8) is 0 Å². The molecule has 1 saturated heterocycles. The maximum Gasteiger partial charge on any atom is 0.292 e. The van der Waals surface area contributed by atoms with Crippen molar-refractivity contribution < 1.29 is 0 Å². The number of likely N-dealkylation sites (tertiary alicyclic amines) is 1. The maximum absolute atomic E-state index is 12.6. The van der Waals surface area contributed by atoms with Crippen LogP contribution in [0, 0.1) is 0 Å². The van der Waals surface area contributed by atoms with Crippen molar-refractivity contribution in [1.82, 2.24) is 14.7 Å². The van der Waals surface area contributed by atoms with Gasteiger partial charge in [0.25, 0.3) is 5.56 Å². The van der Waals surface area contributed by atoms with Crippen molar-refractivity contribution >= 4 is 17.3 Å². The second-order valence-corrected chi connectivity index (χ2v) is 7.15. The van der Waals surface area contributed by atoms with Crippen LogP contribution < -0.4 is 10.9 Å². The molecule has 2 heterocycles. The number of nitrogens with one attached hydrogen (secondary N) is 1. The van der Waals surface area contributed by atoms with Crippen LogP contribution in [0.15, 0.2) is 71.7 Å². The molecule has 0 saturated carbocycles. The van der Waals surface area contributed by atoms with Gasteiger partial charge in [0.15, 0.2) is 0 Å². The van der Waals surface area contributed by atoms with Gasteiger partial charge in [-0.3, -0.25) is 9.69 Å². The fourth-order valence-corrected chi connectivity index (χ4v) is 3.63. The summed E-state index contributed by atoms with van der Waals surface area (Å²) in [7, 11) is 0. The van der Waals surface area contributed by atoms with Gasteiger partial charge >= 0.3 is 0 Å². The molecule has 0 spiro atoms. The molecule has 0 unspecified atom stereocenters. The molecule has 6 heteroatoms. The van der Waals surface area contributed by atoms with Crippen LogP contribution in [0.3, 0.4) is 0 Å². The van der Waals surface area contributed by atoms with E-state index in [0.717, 1.165) is 26.1 Å². The predicted molar refractivity (Wildman–Crippen MR) is 109 cm³/mol. The summed E-state index contributed by atoms with van der Waals surface area (Å²) in [5, 5.41) is 7.85. The van der Waals surface area contributed by atoms with Gasteiger partial charge in [0, 0.05) is 25.7 Å². The molecule has 3 aromatic rings. The molecule has 1 aliphatic rings. The number of hydrogen-bond acceptors (Lipinski definition) is 4. The van der Waals surface area contributed by atoms with Gasteiger partial charge in [0.05, 0.1) is 17.6 Å². The Morgan fingerprint density at radius 3 is 2.52 bits per heavy atom. The molecule has 138 valence electrons. The Balaban J connectivity index is 1.44. The fraction of sp³-hybridized carbons (Fsp3) is 0.238. The minimum absolute atomic E-state index is 0.176. The number of aromatic nitrogens is 2. The van der Waals surface area contributed by atoms with Gasteiger partial charge < -0.3 is 5.32 Å². The first kappa shape index (κ1) is 17.8. The first-order valence-electron chi connectivity index (χ1n) is 9.07. The van der Waals surface area contributed by atoms with Crippen LogP contribution in [0.4, 0.5) is 5.69 Å². The summed E-state index contributed by atoms with van der Waals surface area (Å²) >= 11 is 6.34. The highest BCUT2D eigenvalue weighted by atomic mass is 35.5. The summed E-state index contributed by atoms with van der Waals surface area (Å²) in [6, 6.07) is 20.0. The Bertz CT molecular complexity index is 959. The average molecular weight is 381 g/mol. The lowest BCUT2D eigenvalue weighted by Crippen LogP contribution is -2.28. The van der Waals surface area contributed by atoms with Gasteiger partial charge in [0.2, 0.25) is 0 Å². The zero-order chi connectivity index (χ0) is 18.6. The summed E-state index contributed by atoms with van der Waals surface area (Å²) < 4.78 is 1.32. The minimum Gasteiger partial charge on any atom is -0.378 e. The Morgan fingerprint density at radius 2 is 1.78 bits per heavy atom. The van der Waals surface area contributed by atoms with Crippen LogP contribution in [0.5, 0.6) is 0 Å². The van der Waals surface area contributed by atoms with Crippen molar-refractivity contribution in [3.8, 4) is 5.69 Å². The van der Waals surface area contributed by atoms with Crippen molar-refractivity contribution in [2.45, 2.75) is 19.0 Å². The molecule has 27 heavy (non-hydrogen) atoms. The molecule has 1 atom stereocenters. The molecule has 1 aromatic heterocycles. The lowest BCUT2D eigenvalue weighted by molar-refractivity contribution is 0.328. The fourth-order valence-electron chi connectivity index (χ4n) is 3.44. The van der Waals surface area contributed by atoms with Crippen molar-refractivity contribution in [2.24, 2.45) is 0 Å². The summed E-state index contributed by atoms with van der Waals surface area (Å²) in [6.07, 6.45) is 2.64. The van der Waals surface area contributed by atoms with E-state index in [1.54, 1.807) is 6.20 Å². The maximum atomic E-state index is 12.6. The van der Waals surface area contributed by atoms with Crippen LogP contribution in [0.2, 0.25) is 5.02 Å². The third-order valence-electron chi connectivity index (χ3n) is 4.80. The monoisotopic (exact) mass is 380 g/mol. The van der Waals surface area contributed by atoms with Gasteiger partial charge in [0.1, 0.15) is 5.02 Å². The molecule has 1 aliphatic heterocycles. The molecule has 0 amide bonds. The van der Waals surface area contributed by atoms with Gasteiger partial charge in [-0.1, -0.05) is 60.1 Å². The van der Waals surface area contributed by atoms with Crippen LogP contribution in [-0.2, 0) is 6.54 Å². The van der Waals surface area contributed by atoms with E-state index in [1.165, 1.54) is 10.2 Å². The van der Waals surface area contributed by atoms with E-state index < -0.39 is 0 Å². The molecule has 4 rings (SSSR count). The van der Waals surface area contributed by atoms with Gasteiger partial charge in [-0.25, -0.2) is 0 Å². The zero-order valence-corrected chi connectivity index (χ0v) is 15.6. The highest BCUT2D eigenvalue weighted by Crippen LogP contribution is 2.22. The van der Waals surface area contributed by atoms with E-state index in [4.69, 9.17) is 11.6 Å². The third-order valence-corrected chi connectivity index (χ3v) is 5.17. The molecule has 0 aliphatic carbocycles. The normalized spacial score (nSPS) is 17.1. The van der Waals surface area contributed by atoms with Crippen molar-refractivity contribution in [2.75, 3.05) is 18.4 Å². The molecule has 2 aromatic carbocycles. The quantitative estimate of drug-likeness (QED) is 0.735. The Morgan fingerprint density at radius 1 is 1.07 bits per heavy atom. The number of hydrogen-bond donors (Lipinski definition) is 1. The van der Waals surface area contributed by atoms with E-state index in [2.05, 4.69) is 39.6 Å². The highest BCUT2D eigenvalue weighted by Gasteiger charge is 2.23. The molecular formula is C21H21ClN4O. The summed E-state index contributed by atoms with van der Waals surface area (Å²) in [5.41, 5.74) is 2.29. The summed E-state index contributed by atoms with van der Waals surface area (Å²) in [4.78, 5) is 15.0. The van der Waals surface area contributed by atoms with Gasteiger partial charge in [-0.05, 0) is 24.1 Å². The molecule has 0 bridgehead atoms. The Labute approximate surface area is 163 Å². The SMILES string of the molecule is O=c1c(Cl)c(N[C@H]2CCN(Cc3ccccc3)C2)cnn1-c1ccccc1. The first-order chi connectivity index (χ1) is 13.2. The van der Waals surface area contributed by atoms with Crippen LogP contribution >= 0.6 is 11.6 Å². The second-order valence-electron chi connectivity index (χ2n) is 6.78. The molecule has 0 radical (unpaired) electrons. The minimum atomic E-state index is -0.313. The number of nitrogens with zero attached hydrogens (tertiary/aromatic N) is 3. The highest BCUT2D eigenvalue weighted by molar-refractivity contribution is 6.33. The lowest BCUT2D eigenvalue weighted by atomic mass is 10.2. The number of rotatable bonds is 5. The van der Waals surface area contributed by atoms with E-state index in [0.29, 0.717) is 11.4 Å². The van der Waals surface area contributed by atoms with Crippen LogP contribution in [0.1, 0.15) is 12.0 Å². The van der Waals surface area contributed by atoms with E-state index in [9.17, 15) is 4.79 Å². The topological polar surface area (TPSA) is 50.2 Å². The molecular weight excluding hydrogens is 360 g/mol. The van der Waals surface area contributed by atoms with E-state index in [-0.39, 0.29) is 16.6 Å². The van der Waals surface area contributed by atoms with Crippen LogP contribution in [-0.4, -0.2) is 33.8 Å². The Kier molecular flexibility index (Phi) is 5.23. The predicted octanol–water partition coefficient (Wildman–Crippen LogP) is 3.57. The van der Waals surface area contributed by atoms with E-state index >= 15 is 0 Å². The van der Waals surface area contributed by atoms with Crippen LogP contribution in [0.25, 0.3) is 5.69 Å². The average Bonchev–Trinajstić information content (AvgIpc) is 3.14. The molecule has 1 N–H and O–H groups in total. The number of benzene rings is 2. The number of para-hydroxylation sites is 1. The standard InChI is InChI=1S/C21H21ClN4O/c22-20-19(13-23-26(21(20)27)18-9-5-2-6-10-18)24-17-11-12-25(15-17)14-16-7-3-1-4-8-16/h1-10,13,17,24H,11-12,14-15H2/t17-/m0/s1. The van der Waals surface area contributed by atoms with Gasteiger partial charge in [-0.15, -0.1) is 0 Å². The number of halogens is 1. The number of anilines is 1. The largest absolute Gasteiger partial charge is 0.378 e. The summed E-state index contributed by atoms with van der Waals surface area (Å²) in [6.45, 7) is 2.85. The molecule has 5 nitrogen and oxygen atoms in total. The first-order valence-corrected chi connectivity index (χ1v) is 9.44. The van der Waals surface area contributed by atoms with E-state index in [1.807, 2.05) is 36.4 Å². The van der Waals surface area contributed by atoms with Gasteiger partial charge in [-0.2, -0.15) is 9.78 Å². The second kappa shape index (κ2) is 7.94. The summed E-state index contributed by atoms with van der Waals surface area (Å²) in [5.74, 6) is 0. The van der Waals surface area contributed by atoms with Crippen molar-refractivity contribution in [1.29, 1.82) is 0 Å². The Hall–Kier alpha value is -2.63. The molecule has 1 fully saturated rings. The zero-order valence-electron chi connectivity index (χ0n) is 14.9. The lowest BCUT2D eigenvalue weighted by Gasteiger charge is -2.18. The van der Waals surface area contributed by atoms with Crippen molar-refractivity contribution in [3.05, 3.63) is 87.8 Å². The smallest absolute Gasteiger partial charge is 0.292 e. The third kappa shape index (κ3) is 4.04.